The van der Waals surface area contributed by atoms with Gasteiger partial charge in [0.2, 0.25) is 0 Å². The summed E-state index contributed by atoms with van der Waals surface area (Å²) < 4.78 is 0. The standard InChI is InChI=1S/C12H17NO3/c1-8(2)11(12(15)16)13-7-9-5-3-4-6-10(9)14/h3-6,8,11,13-14H,7H2,1-2H3,(H,15,16). The quantitative estimate of drug-likeness (QED) is 0.709. The van der Waals surface area contributed by atoms with E-state index in [-0.39, 0.29) is 11.7 Å². The van der Waals surface area contributed by atoms with Gasteiger partial charge in [-0.2, -0.15) is 0 Å². The van der Waals surface area contributed by atoms with Gasteiger partial charge in [-0.25, -0.2) is 0 Å². The first-order valence-corrected chi connectivity index (χ1v) is 5.25. The maximum absolute atomic E-state index is 10.9. The second-order valence-corrected chi connectivity index (χ2v) is 4.07. The fraction of sp³-hybridized carbons (Fsp3) is 0.417. The minimum atomic E-state index is -0.870. The van der Waals surface area contributed by atoms with E-state index in [0.717, 1.165) is 0 Å². The van der Waals surface area contributed by atoms with E-state index in [1.807, 2.05) is 19.9 Å². The summed E-state index contributed by atoms with van der Waals surface area (Å²) in [6, 6.07) is 6.29. The van der Waals surface area contributed by atoms with Gasteiger partial charge >= 0.3 is 5.97 Å². The molecule has 0 heterocycles. The Kier molecular flexibility index (Phi) is 4.31. The molecule has 0 fully saturated rings. The third-order valence-electron chi connectivity index (χ3n) is 2.44. The van der Waals surface area contributed by atoms with Crippen molar-refractivity contribution in [3.63, 3.8) is 0 Å². The summed E-state index contributed by atoms with van der Waals surface area (Å²) in [5, 5.41) is 21.4. The molecule has 0 saturated carbocycles. The van der Waals surface area contributed by atoms with Crippen LogP contribution in [0.25, 0.3) is 0 Å². The average Bonchev–Trinajstić information content (AvgIpc) is 2.20. The van der Waals surface area contributed by atoms with Crippen LogP contribution in [0.3, 0.4) is 0 Å². The topological polar surface area (TPSA) is 69.6 Å². The number of carboxylic acids is 1. The third kappa shape index (κ3) is 3.24. The highest BCUT2D eigenvalue weighted by molar-refractivity contribution is 5.73. The lowest BCUT2D eigenvalue weighted by Crippen LogP contribution is -2.40. The van der Waals surface area contributed by atoms with E-state index >= 15 is 0 Å². The lowest BCUT2D eigenvalue weighted by Gasteiger charge is -2.18. The van der Waals surface area contributed by atoms with E-state index < -0.39 is 12.0 Å². The fourth-order valence-electron chi connectivity index (χ4n) is 1.49. The van der Waals surface area contributed by atoms with E-state index in [1.54, 1.807) is 18.2 Å². The zero-order valence-corrected chi connectivity index (χ0v) is 9.47. The Morgan fingerprint density at radius 1 is 1.38 bits per heavy atom. The Labute approximate surface area is 94.9 Å². The molecule has 3 N–H and O–H groups in total. The molecule has 0 aliphatic carbocycles. The third-order valence-corrected chi connectivity index (χ3v) is 2.44. The minimum Gasteiger partial charge on any atom is -0.508 e. The zero-order valence-electron chi connectivity index (χ0n) is 9.47. The Hall–Kier alpha value is -1.55. The van der Waals surface area contributed by atoms with Crippen LogP contribution in [0.5, 0.6) is 5.75 Å². The number of para-hydroxylation sites is 1. The second-order valence-electron chi connectivity index (χ2n) is 4.07. The van der Waals surface area contributed by atoms with Crippen molar-refractivity contribution in [3.8, 4) is 5.75 Å². The van der Waals surface area contributed by atoms with Gasteiger partial charge in [-0.05, 0) is 12.0 Å². The number of nitrogens with one attached hydrogen (secondary N) is 1. The fourth-order valence-corrected chi connectivity index (χ4v) is 1.49. The largest absolute Gasteiger partial charge is 0.508 e. The summed E-state index contributed by atoms with van der Waals surface area (Å²) in [6.07, 6.45) is 0. The summed E-state index contributed by atoms with van der Waals surface area (Å²) >= 11 is 0. The molecule has 0 bridgehead atoms. The molecule has 1 unspecified atom stereocenters. The van der Waals surface area contributed by atoms with Crippen LogP contribution < -0.4 is 5.32 Å². The predicted octanol–water partition coefficient (Wildman–Crippen LogP) is 1.59. The maximum Gasteiger partial charge on any atom is 0.320 e. The van der Waals surface area contributed by atoms with Gasteiger partial charge in [-0.1, -0.05) is 32.0 Å². The van der Waals surface area contributed by atoms with Crippen molar-refractivity contribution in [1.29, 1.82) is 0 Å². The molecule has 0 aliphatic rings. The lowest BCUT2D eigenvalue weighted by atomic mass is 10.0. The number of rotatable bonds is 5. The van der Waals surface area contributed by atoms with Crippen LogP contribution in [0.15, 0.2) is 24.3 Å². The van der Waals surface area contributed by atoms with Gasteiger partial charge in [-0.3, -0.25) is 10.1 Å². The highest BCUT2D eigenvalue weighted by Crippen LogP contribution is 2.15. The zero-order chi connectivity index (χ0) is 12.1. The summed E-state index contributed by atoms with van der Waals surface area (Å²) in [5.74, 6) is -0.684. The molecular weight excluding hydrogens is 206 g/mol. The van der Waals surface area contributed by atoms with Crippen molar-refractivity contribution in [2.24, 2.45) is 5.92 Å². The van der Waals surface area contributed by atoms with Gasteiger partial charge in [0, 0.05) is 12.1 Å². The molecule has 88 valence electrons. The van der Waals surface area contributed by atoms with Gasteiger partial charge < -0.3 is 10.2 Å². The molecule has 1 aromatic rings. The van der Waals surface area contributed by atoms with Crippen LogP contribution in [0.1, 0.15) is 19.4 Å². The molecule has 0 aliphatic heterocycles. The van der Waals surface area contributed by atoms with Gasteiger partial charge in [0.1, 0.15) is 11.8 Å². The van der Waals surface area contributed by atoms with E-state index in [9.17, 15) is 9.90 Å². The van der Waals surface area contributed by atoms with Crippen LogP contribution in [-0.2, 0) is 11.3 Å². The van der Waals surface area contributed by atoms with Gasteiger partial charge in [0.15, 0.2) is 0 Å². The number of carbonyl (C=O) groups is 1. The number of aromatic hydroxyl groups is 1. The molecule has 4 nitrogen and oxygen atoms in total. The Balaban J connectivity index is 2.63. The maximum atomic E-state index is 10.9. The molecule has 0 radical (unpaired) electrons. The lowest BCUT2D eigenvalue weighted by molar-refractivity contribution is -0.140. The normalized spacial score (nSPS) is 12.7. The molecule has 1 atom stereocenters. The van der Waals surface area contributed by atoms with Crippen LogP contribution in [0.4, 0.5) is 0 Å². The molecule has 16 heavy (non-hydrogen) atoms. The number of carboxylic acid groups (broad SMARTS) is 1. The van der Waals surface area contributed by atoms with E-state index in [0.29, 0.717) is 12.1 Å². The van der Waals surface area contributed by atoms with Crippen LogP contribution >= 0.6 is 0 Å². The predicted molar refractivity (Wildman–Crippen MR) is 61.2 cm³/mol. The number of hydrogen-bond donors (Lipinski definition) is 3. The SMILES string of the molecule is CC(C)C(NCc1ccccc1O)C(=O)O. The molecule has 0 aromatic heterocycles. The molecule has 0 saturated heterocycles. The van der Waals surface area contributed by atoms with Crippen molar-refractivity contribution in [3.05, 3.63) is 29.8 Å². The highest BCUT2D eigenvalue weighted by atomic mass is 16.4. The molecule has 0 spiro atoms. The summed E-state index contributed by atoms with van der Waals surface area (Å²) in [5.41, 5.74) is 0.703. The number of benzene rings is 1. The van der Waals surface area contributed by atoms with E-state index in [1.165, 1.54) is 0 Å². The van der Waals surface area contributed by atoms with Crippen molar-refractivity contribution in [2.45, 2.75) is 26.4 Å². The van der Waals surface area contributed by atoms with Crippen LogP contribution in [0.2, 0.25) is 0 Å². The van der Waals surface area contributed by atoms with Gasteiger partial charge in [-0.15, -0.1) is 0 Å². The van der Waals surface area contributed by atoms with E-state index in [4.69, 9.17) is 5.11 Å². The Morgan fingerprint density at radius 2 is 2.00 bits per heavy atom. The summed E-state index contributed by atoms with van der Waals surface area (Å²) in [6.45, 7) is 4.04. The van der Waals surface area contributed by atoms with Crippen molar-refractivity contribution in [1.82, 2.24) is 5.32 Å². The first-order chi connectivity index (χ1) is 7.52. The highest BCUT2D eigenvalue weighted by Gasteiger charge is 2.20. The smallest absolute Gasteiger partial charge is 0.320 e. The van der Waals surface area contributed by atoms with Gasteiger partial charge in [0.05, 0.1) is 0 Å². The first-order valence-electron chi connectivity index (χ1n) is 5.25. The first kappa shape index (κ1) is 12.5. The van der Waals surface area contributed by atoms with Crippen LogP contribution in [0, 0.1) is 5.92 Å². The number of aliphatic carboxylic acids is 1. The number of phenolic OH excluding ortho intramolecular Hbond substituents is 1. The number of hydrogen-bond acceptors (Lipinski definition) is 3. The van der Waals surface area contributed by atoms with E-state index in [2.05, 4.69) is 5.32 Å². The molecule has 1 rings (SSSR count). The average molecular weight is 223 g/mol. The van der Waals surface area contributed by atoms with Crippen LogP contribution in [-0.4, -0.2) is 22.2 Å². The molecule has 1 aromatic carbocycles. The molecule has 4 heteroatoms. The minimum absolute atomic E-state index is 0.00311. The Bertz CT molecular complexity index is 363. The molecule has 0 amide bonds. The van der Waals surface area contributed by atoms with Crippen molar-refractivity contribution >= 4 is 5.97 Å². The number of phenols is 1. The monoisotopic (exact) mass is 223 g/mol. The summed E-state index contributed by atoms with van der Waals surface area (Å²) in [4.78, 5) is 10.9. The Morgan fingerprint density at radius 3 is 2.50 bits per heavy atom. The summed E-state index contributed by atoms with van der Waals surface area (Å²) in [7, 11) is 0. The second kappa shape index (κ2) is 5.51. The van der Waals surface area contributed by atoms with Crippen molar-refractivity contribution in [2.75, 3.05) is 0 Å². The van der Waals surface area contributed by atoms with Gasteiger partial charge in [0.25, 0.3) is 0 Å². The van der Waals surface area contributed by atoms with Crippen molar-refractivity contribution < 1.29 is 15.0 Å². The molecular formula is C12H17NO3.